The molecule has 2 rings (SSSR count). The van der Waals surface area contributed by atoms with Crippen molar-refractivity contribution in [2.45, 2.75) is 13.0 Å². The van der Waals surface area contributed by atoms with Gasteiger partial charge in [0.15, 0.2) is 0 Å². The van der Waals surface area contributed by atoms with Gasteiger partial charge in [0, 0.05) is 6.07 Å². The van der Waals surface area contributed by atoms with Crippen LogP contribution in [0.3, 0.4) is 0 Å². The van der Waals surface area contributed by atoms with Crippen molar-refractivity contribution in [1.82, 2.24) is 0 Å². The fraction of sp³-hybridized carbons (Fsp3) is 0.214. The summed E-state index contributed by atoms with van der Waals surface area (Å²) in [4.78, 5) is 11.8. The van der Waals surface area contributed by atoms with Crippen molar-refractivity contribution >= 4 is 0 Å². The Hall–Kier alpha value is -2.27. The molecule has 0 saturated heterocycles. The van der Waals surface area contributed by atoms with Crippen LogP contribution in [-0.2, 0) is 0 Å². The highest BCUT2D eigenvalue weighted by Gasteiger charge is 2.19. The van der Waals surface area contributed by atoms with Crippen molar-refractivity contribution in [1.29, 1.82) is 0 Å². The fourth-order valence-electron chi connectivity index (χ4n) is 1.87. The van der Waals surface area contributed by atoms with Crippen molar-refractivity contribution in [2.75, 3.05) is 7.11 Å². The molecule has 0 amide bonds. The summed E-state index contributed by atoms with van der Waals surface area (Å²) in [6, 6.07) is 7.58. The molecule has 0 aliphatic heterocycles. The zero-order valence-electron chi connectivity index (χ0n) is 10.7. The van der Waals surface area contributed by atoms with Gasteiger partial charge in [0.1, 0.15) is 22.8 Å². The first-order valence-electron chi connectivity index (χ1n) is 5.76. The summed E-state index contributed by atoms with van der Waals surface area (Å²) in [6.07, 6.45) is 0. The minimum atomic E-state index is -0.747. The van der Waals surface area contributed by atoms with Crippen molar-refractivity contribution in [3.63, 3.8) is 0 Å². The fourth-order valence-corrected chi connectivity index (χ4v) is 1.87. The van der Waals surface area contributed by atoms with Crippen LogP contribution in [0.1, 0.15) is 22.9 Å². The van der Waals surface area contributed by atoms with Gasteiger partial charge in [-0.1, -0.05) is 12.1 Å². The molecule has 1 unspecified atom stereocenters. The summed E-state index contributed by atoms with van der Waals surface area (Å²) in [6.45, 7) is 1.59. The molecule has 0 saturated carbocycles. The average Bonchev–Trinajstić information content (AvgIpc) is 2.37. The Morgan fingerprint density at radius 1 is 1.32 bits per heavy atom. The lowest BCUT2D eigenvalue weighted by Crippen LogP contribution is -2.20. The monoisotopic (exact) mass is 261 g/mol. The lowest BCUT2D eigenvalue weighted by molar-refractivity contribution is 0.414. The van der Waals surface area contributed by atoms with Gasteiger partial charge in [0.25, 0.3) is 0 Å². The first-order valence-corrected chi connectivity index (χ1v) is 5.76. The molecule has 0 radical (unpaired) electrons. The predicted octanol–water partition coefficient (Wildman–Crippen LogP) is 1.71. The van der Waals surface area contributed by atoms with Crippen LogP contribution in [0.4, 0.5) is 0 Å². The quantitative estimate of drug-likeness (QED) is 0.878. The van der Waals surface area contributed by atoms with Gasteiger partial charge in [-0.15, -0.1) is 0 Å². The molecule has 19 heavy (non-hydrogen) atoms. The minimum Gasteiger partial charge on any atom is -0.507 e. The number of methoxy groups -OCH3 is 1. The van der Waals surface area contributed by atoms with Crippen LogP contribution in [0.5, 0.6) is 11.5 Å². The third kappa shape index (κ3) is 2.61. The first kappa shape index (κ1) is 13.2. The SMILES string of the molecule is COc1ccc(C(N)c2c(O)cc(C)oc2=O)cc1. The number of benzene rings is 1. The summed E-state index contributed by atoms with van der Waals surface area (Å²) in [5, 5.41) is 9.84. The number of nitrogens with two attached hydrogens (primary N) is 1. The highest BCUT2D eigenvalue weighted by molar-refractivity contribution is 5.40. The van der Waals surface area contributed by atoms with Crippen molar-refractivity contribution in [2.24, 2.45) is 5.73 Å². The predicted molar refractivity (Wildman–Crippen MR) is 70.4 cm³/mol. The lowest BCUT2D eigenvalue weighted by Gasteiger charge is -2.13. The van der Waals surface area contributed by atoms with Gasteiger partial charge >= 0.3 is 5.63 Å². The molecular weight excluding hydrogens is 246 g/mol. The molecule has 0 spiro atoms. The van der Waals surface area contributed by atoms with E-state index in [2.05, 4.69) is 0 Å². The summed E-state index contributed by atoms with van der Waals surface area (Å²) in [5.41, 5.74) is 6.11. The lowest BCUT2D eigenvalue weighted by atomic mass is 10.0. The summed E-state index contributed by atoms with van der Waals surface area (Å²) in [7, 11) is 1.56. The normalized spacial score (nSPS) is 12.2. The van der Waals surface area contributed by atoms with E-state index in [9.17, 15) is 9.90 Å². The Balaban J connectivity index is 2.43. The molecule has 1 atom stereocenters. The largest absolute Gasteiger partial charge is 0.507 e. The molecule has 1 aromatic carbocycles. The molecular formula is C14H15NO4. The second-order valence-corrected chi connectivity index (χ2v) is 4.19. The molecule has 1 aromatic heterocycles. The van der Waals surface area contributed by atoms with E-state index in [0.29, 0.717) is 17.1 Å². The maximum atomic E-state index is 11.8. The second kappa shape index (κ2) is 5.16. The minimum absolute atomic E-state index is 0.0516. The smallest absolute Gasteiger partial charge is 0.344 e. The van der Waals surface area contributed by atoms with Gasteiger partial charge in [-0.3, -0.25) is 0 Å². The Kier molecular flexibility index (Phi) is 3.57. The molecule has 100 valence electrons. The van der Waals surface area contributed by atoms with Gasteiger partial charge in [0.2, 0.25) is 0 Å². The van der Waals surface area contributed by atoms with E-state index in [4.69, 9.17) is 14.9 Å². The van der Waals surface area contributed by atoms with Crippen molar-refractivity contribution in [3.05, 3.63) is 57.6 Å². The van der Waals surface area contributed by atoms with Crippen LogP contribution in [0.15, 0.2) is 39.5 Å². The van der Waals surface area contributed by atoms with Crippen LogP contribution in [0, 0.1) is 6.92 Å². The van der Waals surface area contributed by atoms with E-state index in [1.807, 2.05) is 0 Å². The molecule has 0 fully saturated rings. The Morgan fingerprint density at radius 3 is 2.47 bits per heavy atom. The van der Waals surface area contributed by atoms with Crippen LogP contribution < -0.4 is 16.1 Å². The van der Waals surface area contributed by atoms with E-state index >= 15 is 0 Å². The van der Waals surface area contributed by atoms with Gasteiger partial charge in [0.05, 0.1) is 13.2 Å². The Bertz CT molecular complexity index is 631. The summed E-state index contributed by atoms with van der Waals surface area (Å²) >= 11 is 0. The van der Waals surface area contributed by atoms with E-state index in [0.717, 1.165) is 0 Å². The van der Waals surface area contributed by atoms with Gasteiger partial charge < -0.3 is 20.0 Å². The third-order valence-corrected chi connectivity index (χ3v) is 2.88. The third-order valence-electron chi connectivity index (χ3n) is 2.88. The number of rotatable bonds is 3. The van der Waals surface area contributed by atoms with E-state index in [1.165, 1.54) is 6.07 Å². The highest BCUT2D eigenvalue weighted by atomic mass is 16.5. The summed E-state index contributed by atoms with van der Waals surface area (Å²) < 4.78 is 10.0. The highest BCUT2D eigenvalue weighted by Crippen LogP contribution is 2.26. The molecule has 3 N–H and O–H groups in total. The molecule has 5 heteroatoms. The summed E-state index contributed by atoms with van der Waals surface area (Å²) in [5.74, 6) is 0.876. The van der Waals surface area contributed by atoms with E-state index < -0.39 is 11.7 Å². The van der Waals surface area contributed by atoms with Crippen LogP contribution in [0.2, 0.25) is 0 Å². The zero-order valence-corrected chi connectivity index (χ0v) is 10.7. The molecule has 0 aliphatic rings. The van der Waals surface area contributed by atoms with Crippen molar-refractivity contribution < 1.29 is 14.3 Å². The Morgan fingerprint density at radius 2 is 1.95 bits per heavy atom. The molecule has 5 nitrogen and oxygen atoms in total. The number of hydrogen-bond donors (Lipinski definition) is 2. The molecule has 0 bridgehead atoms. The second-order valence-electron chi connectivity index (χ2n) is 4.19. The molecule has 1 heterocycles. The standard InChI is InChI=1S/C14H15NO4/c1-8-7-11(16)12(14(17)19-8)13(15)9-3-5-10(18-2)6-4-9/h3-7,13,16H,15H2,1-2H3. The molecule has 0 aliphatic carbocycles. The van der Waals surface area contributed by atoms with E-state index in [1.54, 1.807) is 38.3 Å². The maximum absolute atomic E-state index is 11.8. The van der Waals surface area contributed by atoms with Gasteiger partial charge in [-0.2, -0.15) is 0 Å². The molecule has 2 aromatic rings. The first-order chi connectivity index (χ1) is 9.02. The van der Waals surface area contributed by atoms with Crippen molar-refractivity contribution in [3.8, 4) is 11.5 Å². The number of ether oxygens (including phenoxy) is 1. The van der Waals surface area contributed by atoms with Crippen LogP contribution >= 0.6 is 0 Å². The van der Waals surface area contributed by atoms with Gasteiger partial charge in [-0.05, 0) is 24.6 Å². The number of hydrogen-bond acceptors (Lipinski definition) is 5. The average molecular weight is 261 g/mol. The Labute approximate surface area is 110 Å². The topological polar surface area (TPSA) is 85.7 Å². The maximum Gasteiger partial charge on any atom is 0.344 e. The number of aromatic hydroxyl groups is 1. The van der Waals surface area contributed by atoms with Crippen LogP contribution in [-0.4, -0.2) is 12.2 Å². The number of aryl methyl sites for hydroxylation is 1. The van der Waals surface area contributed by atoms with Crippen LogP contribution in [0.25, 0.3) is 0 Å². The van der Waals surface area contributed by atoms with Gasteiger partial charge in [-0.25, -0.2) is 4.79 Å². The zero-order chi connectivity index (χ0) is 14.0. The van der Waals surface area contributed by atoms with E-state index in [-0.39, 0.29) is 11.3 Å².